The number of aryl methyl sites for hydroxylation is 2. The fourth-order valence-corrected chi connectivity index (χ4v) is 2.89. The number of nitrogens with one attached hydrogen (secondary N) is 1. The first-order valence-electron chi connectivity index (χ1n) is 7.83. The van der Waals surface area contributed by atoms with Gasteiger partial charge < -0.3 is 15.3 Å². The van der Waals surface area contributed by atoms with Crippen LogP contribution in [0, 0.1) is 13.8 Å². The third kappa shape index (κ3) is 3.85. The summed E-state index contributed by atoms with van der Waals surface area (Å²) in [6, 6.07) is 5.72. The monoisotopic (exact) mass is 304 g/mol. The smallest absolute Gasteiger partial charge is 0.313 e. The van der Waals surface area contributed by atoms with Gasteiger partial charge in [0.05, 0.1) is 0 Å². The molecular formula is C17H24N2O3. The summed E-state index contributed by atoms with van der Waals surface area (Å²) in [5, 5.41) is 11.8. The minimum atomic E-state index is -0.599. The molecule has 1 aliphatic heterocycles. The van der Waals surface area contributed by atoms with Crippen LogP contribution in [0.1, 0.15) is 36.8 Å². The van der Waals surface area contributed by atoms with Crippen molar-refractivity contribution in [2.75, 3.05) is 18.5 Å². The van der Waals surface area contributed by atoms with Gasteiger partial charge in [-0.2, -0.15) is 0 Å². The minimum absolute atomic E-state index is 0.0318. The molecule has 2 amide bonds. The molecule has 2 rings (SSSR count). The van der Waals surface area contributed by atoms with Crippen LogP contribution in [0.4, 0.5) is 5.69 Å². The minimum Gasteiger partial charge on any atom is -0.396 e. The Morgan fingerprint density at radius 2 is 2.09 bits per heavy atom. The lowest BCUT2D eigenvalue weighted by atomic mass is 9.99. The molecule has 5 nitrogen and oxygen atoms in total. The molecule has 22 heavy (non-hydrogen) atoms. The van der Waals surface area contributed by atoms with Gasteiger partial charge in [-0.1, -0.05) is 12.1 Å². The van der Waals surface area contributed by atoms with Crippen LogP contribution in [0.5, 0.6) is 0 Å². The fourth-order valence-electron chi connectivity index (χ4n) is 2.89. The number of nitrogens with zero attached hydrogens (tertiary/aromatic N) is 1. The standard InChI is InChI=1S/C17H24N2O3/c1-12-6-7-13(2)15(11-12)18-16(21)17(22)19-9-4-3-5-14(19)8-10-20/h6-7,11,14,20H,3-5,8-10H2,1-2H3,(H,18,21). The molecule has 1 aliphatic rings. The van der Waals surface area contributed by atoms with Crippen molar-refractivity contribution >= 4 is 17.5 Å². The molecule has 1 heterocycles. The number of amides is 2. The second-order valence-electron chi connectivity index (χ2n) is 5.93. The summed E-state index contributed by atoms with van der Waals surface area (Å²) in [7, 11) is 0. The average molecular weight is 304 g/mol. The van der Waals surface area contributed by atoms with E-state index >= 15 is 0 Å². The maximum absolute atomic E-state index is 12.4. The van der Waals surface area contributed by atoms with Gasteiger partial charge in [-0.25, -0.2) is 0 Å². The van der Waals surface area contributed by atoms with Crippen LogP contribution in [-0.2, 0) is 9.59 Å². The van der Waals surface area contributed by atoms with E-state index in [4.69, 9.17) is 5.11 Å². The molecule has 1 saturated heterocycles. The molecule has 2 N–H and O–H groups in total. The Hall–Kier alpha value is -1.88. The molecule has 0 aromatic heterocycles. The third-order valence-corrected chi connectivity index (χ3v) is 4.19. The molecule has 0 saturated carbocycles. The van der Waals surface area contributed by atoms with Gasteiger partial charge in [0.2, 0.25) is 0 Å². The molecule has 1 fully saturated rings. The van der Waals surface area contributed by atoms with Gasteiger partial charge in [-0.05, 0) is 56.7 Å². The number of hydrogen-bond acceptors (Lipinski definition) is 3. The molecule has 120 valence electrons. The number of piperidine rings is 1. The van der Waals surface area contributed by atoms with Crippen molar-refractivity contribution in [2.45, 2.75) is 45.6 Å². The third-order valence-electron chi connectivity index (χ3n) is 4.19. The van der Waals surface area contributed by atoms with Crippen molar-refractivity contribution in [1.82, 2.24) is 4.90 Å². The summed E-state index contributed by atoms with van der Waals surface area (Å²) >= 11 is 0. The van der Waals surface area contributed by atoms with Crippen molar-refractivity contribution in [3.8, 4) is 0 Å². The van der Waals surface area contributed by atoms with Gasteiger partial charge in [0.15, 0.2) is 0 Å². The Balaban J connectivity index is 2.07. The predicted molar refractivity (Wildman–Crippen MR) is 85.6 cm³/mol. The van der Waals surface area contributed by atoms with E-state index < -0.39 is 11.8 Å². The van der Waals surface area contributed by atoms with E-state index in [2.05, 4.69) is 5.32 Å². The molecule has 1 aromatic carbocycles. The number of aliphatic hydroxyl groups is 1. The SMILES string of the molecule is Cc1ccc(C)c(NC(=O)C(=O)N2CCCCC2CCO)c1. The van der Waals surface area contributed by atoms with Gasteiger partial charge in [0, 0.05) is 24.9 Å². The number of carbonyl (C=O) groups excluding carboxylic acids is 2. The quantitative estimate of drug-likeness (QED) is 0.839. The second kappa shape index (κ2) is 7.40. The summed E-state index contributed by atoms with van der Waals surface area (Å²) in [6.45, 7) is 4.46. The normalized spacial score (nSPS) is 18.1. The Morgan fingerprint density at radius 1 is 1.32 bits per heavy atom. The van der Waals surface area contributed by atoms with Crippen molar-refractivity contribution < 1.29 is 14.7 Å². The van der Waals surface area contributed by atoms with Gasteiger partial charge in [0.25, 0.3) is 0 Å². The molecule has 0 radical (unpaired) electrons. The summed E-state index contributed by atoms with van der Waals surface area (Å²) in [4.78, 5) is 26.3. The lowest BCUT2D eigenvalue weighted by Gasteiger charge is -2.35. The Morgan fingerprint density at radius 3 is 2.82 bits per heavy atom. The molecule has 1 unspecified atom stereocenters. The van der Waals surface area contributed by atoms with Crippen LogP contribution in [0.15, 0.2) is 18.2 Å². The maximum atomic E-state index is 12.4. The van der Waals surface area contributed by atoms with E-state index in [0.29, 0.717) is 18.7 Å². The zero-order chi connectivity index (χ0) is 16.1. The number of rotatable bonds is 3. The van der Waals surface area contributed by atoms with Gasteiger partial charge in [0.1, 0.15) is 0 Å². The highest BCUT2D eigenvalue weighted by molar-refractivity contribution is 6.39. The van der Waals surface area contributed by atoms with E-state index in [9.17, 15) is 9.59 Å². The van der Waals surface area contributed by atoms with Gasteiger partial charge >= 0.3 is 11.8 Å². The Bertz CT molecular complexity index is 555. The first-order valence-corrected chi connectivity index (χ1v) is 7.83. The Kier molecular flexibility index (Phi) is 5.55. The molecular weight excluding hydrogens is 280 g/mol. The maximum Gasteiger partial charge on any atom is 0.313 e. The topological polar surface area (TPSA) is 69.6 Å². The molecule has 0 aliphatic carbocycles. The van der Waals surface area contributed by atoms with Crippen LogP contribution in [0.3, 0.4) is 0 Å². The van der Waals surface area contributed by atoms with Gasteiger partial charge in [-0.3, -0.25) is 9.59 Å². The molecule has 1 aromatic rings. The Labute approximate surface area is 131 Å². The average Bonchev–Trinajstić information content (AvgIpc) is 2.51. The van der Waals surface area contributed by atoms with Crippen molar-refractivity contribution in [3.63, 3.8) is 0 Å². The largest absolute Gasteiger partial charge is 0.396 e. The predicted octanol–water partition coefficient (Wildman–Crippen LogP) is 2.01. The number of benzene rings is 1. The summed E-state index contributed by atoms with van der Waals surface area (Å²) in [5.41, 5.74) is 2.64. The van der Waals surface area contributed by atoms with Crippen LogP contribution in [0.2, 0.25) is 0 Å². The summed E-state index contributed by atoms with van der Waals surface area (Å²) in [6.07, 6.45) is 3.32. The number of carbonyl (C=O) groups is 2. The molecule has 1 atom stereocenters. The lowest BCUT2D eigenvalue weighted by molar-refractivity contribution is -0.146. The number of likely N-dealkylation sites (tertiary alicyclic amines) is 1. The lowest BCUT2D eigenvalue weighted by Crippen LogP contribution is -2.48. The van der Waals surface area contributed by atoms with E-state index in [1.165, 1.54) is 0 Å². The highest BCUT2D eigenvalue weighted by Crippen LogP contribution is 2.21. The van der Waals surface area contributed by atoms with Crippen LogP contribution in [-0.4, -0.2) is 41.0 Å². The van der Waals surface area contributed by atoms with Crippen LogP contribution >= 0.6 is 0 Å². The van der Waals surface area contributed by atoms with Crippen molar-refractivity contribution in [2.24, 2.45) is 0 Å². The molecule has 5 heteroatoms. The molecule has 0 spiro atoms. The number of anilines is 1. The molecule has 0 bridgehead atoms. The van der Waals surface area contributed by atoms with Crippen molar-refractivity contribution in [1.29, 1.82) is 0 Å². The van der Waals surface area contributed by atoms with E-state index in [1.54, 1.807) is 4.90 Å². The second-order valence-corrected chi connectivity index (χ2v) is 5.93. The van der Waals surface area contributed by atoms with Crippen LogP contribution < -0.4 is 5.32 Å². The summed E-state index contributed by atoms with van der Waals surface area (Å²) in [5.74, 6) is -1.10. The first kappa shape index (κ1) is 16.5. The van der Waals surface area contributed by atoms with Gasteiger partial charge in [-0.15, -0.1) is 0 Å². The first-order chi connectivity index (χ1) is 10.5. The zero-order valence-corrected chi connectivity index (χ0v) is 13.3. The highest BCUT2D eigenvalue weighted by Gasteiger charge is 2.30. The number of hydrogen-bond donors (Lipinski definition) is 2. The summed E-state index contributed by atoms with van der Waals surface area (Å²) < 4.78 is 0. The van der Waals surface area contributed by atoms with E-state index in [1.807, 2.05) is 32.0 Å². The zero-order valence-electron chi connectivity index (χ0n) is 13.3. The number of aliphatic hydroxyl groups excluding tert-OH is 1. The van der Waals surface area contributed by atoms with Crippen LogP contribution in [0.25, 0.3) is 0 Å². The van der Waals surface area contributed by atoms with E-state index in [0.717, 1.165) is 30.4 Å². The van der Waals surface area contributed by atoms with Crippen molar-refractivity contribution in [3.05, 3.63) is 29.3 Å². The highest BCUT2D eigenvalue weighted by atomic mass is 16.3. The fraction of sp³-hybridized carbons (Fsp3) is 0.529. The van der Waals surface area contributed by atoms with E-state index in [-0.39, 0.29) is 12.6 Å².